The van der Waals surface area contributed by atoms with Crippen LogP contribution in [0.3, 0.4) is 0 Å². The zero-order valence-corrected chi connectivity index (χ0v) is 16.6. The molecule has 0 saturated carbocycles. The number of piperidine rings is 1. The minimum atomic E-state index is -0.0578. The van der Waals surface area contributed by atoms with Crippen molar-refractivity contribution in [2.75, 3.05) is 26.3 Å². The Balaban J connectivity index is 1.94. The summed E-state index contributed by atoms with van der Waals surface area (Å²) in [7, 11) is 0. The zero-order chi connectivity index (χ0) is 18.9. The molecule has 5 heteroatoms. The van der Waals surface area contributed by atoms with Gasteiger partial charge in [-0.25, -0.2) is 0 Å². The van der Waals surface area contributed by atoms with Gasteiger partial charge >= 0.3 is 0 Å². The Labute approximate surface area is 157 Å². The molecule has 1 aromatic rings. The molecule has 2 rings (SSSR count). The maximum atomic E-state index is 12.5. The molecule has 1 aliphatic heterocycles. The van der Waals surface area contributed by atoms with E-state index >= 15 is 0 Å². The molecule has 0 spiro atoms. The van der Waals surface area contributed by atoms with Gasteiger partial charge in [-0.3, -0.25) is 4.79 Å². The lowest BCUT2D eigenvalue weighted by atomic mass is 9.84. The summed E-state index contributed by atoms with van der Waals surface area (Å²) in [5, 5.41) is 6.52. The molecule has 146 valence electrons. The SMILES string of the molecule is CCOc1ccc(C(C)NC(=O)CC(C)C2CCNCC2)cc1OCC. The standard InChI is InChI=1S/C21H34N2O3/c1-5-25-19-8-7-18(14-20(19)26-6-2)16(4)23-21(24)13-15(3)17-9-11-22-12-10-17/h7-8,14-17,22H,5-6,9-13H2,1-4H3,(H,23,24). The summed E-state index contributed by atoms with van der Waals surface area (Å²) in [6, 6.07) is 5.83. The monoisotopic (exact) mass is 362 g/mol. The summed E-state index contributed by atoms with van der Waals surface area (Å²) < 4.78 is 11.3. The molecule has 2 N–H and O–H groups in total. The Morgan fingerprint density at radius 1 is 1.15 bits per heavy atom. The van der Waals surface area contributed by atoms with Gasteiger partial charge in [-0.05, 0) is 76.2 Å². The predicted molar refractivity (Wildman–Crippen MR) is 105 cm³/mol. The minimum Gasteiger partial charge on any atom is -0.490 e. The van der Waals surface area contributed by atoms with Gasteiger partial charge in [0.2, 0.25) is 5.91 Å². The fourth-order valence-electron chi connectivity index (χ4n) is 3.59. The van der Waals surface area contributed by atoms with E-state index in [1.807, 2.05) is 39.0 Å². The maximum Gasteiger partial charge on any atom is 0.220 e. The number of carbonyl (C=O) groups excluding carboxylic acids is 1. The number of nitrogens with one attached hydrogen (secondary N) is 2. The zero-order valence-electron chi connectivity index (χ0n) is 16.6. The van der Waals surface area contributed by atoms with E-state index in [-0.39, 0.29) is 11.9 Å². The van der Waals surface area contributed by atoms with Crippen LogP contribution < -0.4 is 20.1 Å². The third-order valence-electron chi connectivity index (χ3n) is 5.14. The molecule has 5 nitrogen and oxygen atoms in total. The number of hydrogen-bond acceptors (Lipinski definition) is 4. The molecule has 1 aliphatic rings. The van der Waals surface area contributed by atoms with Crippen LogP contribution in [0.4, 0.5) is 0 Å². The number of rotatable bonds is 9. The highest BCUT2D eigenvalue weighted by molar-refractivity contribution is 5.76. The smallest absolute Gasteiger partial charge is 0.220 e. The quantitative estimate of drug-likeness (QED) is 0.703. The molecule has 1 saturated heterocycles. The van der Waals surface area contributed by atoms with E-state index < -0.39 is 0 Å². The van der Waals surface area contributed by atoms with Crippen molar-refractivity contribution < 1.29 is 14.3 Å². The topological polar surface area (TPSA) is 59.6 Å². The Morgan fingerprint density at radius 2 is 1.81 bits per heavy atom. The number of amides is 1. The van der Waals surface area contributed by atoms with Gasteiger partial charge in [-0.1, -0.05) is 13.0 Å². The lowest BCUT2D eigenvalue weighted by molar-refractivity contribution is -0.123. The highest BCUT2D eigenvalue weighted by Gasteiger charge is 2.23. The van der Waals surface area contributed by atoms with Crippen molar-refractivity contribution in [3.63, 3.8) is 0 Å². The van der Waals surface area contributed by atoms with Gasteiger partial charge in [0.25, 0.3) is 0 Å². The van der Waals surface area contributed by atoms with Gasteiger partial charge in [0.05, 0.1) is 19.3 Å². The number of carbonyl (C=O) groups is 1. The van der Waals surface area contributed by atoms with Crippen LogP contribution in [0.5, 0.6) is 11.5 Å². The lowest BCUT2D eigenvalue weighted by Gasteiger charge is -2.28. The van der Waals surface area contributed by atoms with Crippen molar-refractivity contribution in [3.8, 4) is 11.5 Å². The van der Waals surface area contributed by atoms with Gasteiger partial charge in [0, 0.05) is 6.42 Å². The van der Waals surface area contributed by atoms with Crippen molar-refractivity contribution >= 4 is 5.91 Å². The Hall–Kier alpha value is -1.75. The average Bonchev–Trinajstić information content (AvgIpc) is 2.64. The van der Waals surface area contributed by atoms with E-state index in [0.29, 0.717) is 31.5 Å². The molecule has 1 fully saturated rings. The number of ether oxygens (including phenoxy) is 2. The molecular formula is C21H34N2O3. The molecule has 2 atom stereocenters. The maximum absolute atomic E-state index is 12.5. The predicted octanol–water partition coefficient (Wildman–Crippen LogP) is 3.69. The van der Waals surface area contributed by atoms with Gasteiger partial charge in [0.1, 0.15) is 0 Å². The van der Waals surface area contributed by atoms with Crippen molar-refractivity contribution in [3.05, 3.63) is 23.8 Å². The second-order valence-electron chi connectivity index (χ2n) is 7.13. The largest absolute Gasteiger partial charge is 0.490 e. The van der Waals surface area contributed by atoms with Crippen molar-refractivity contribution in [1.29, 1.82) is 0 Å². The van der Waals surface area contributed by atoms with Crippen LogP contribution in [0.15, 0.2) is 18.2 Å². The first-order valence-corrected chi connectivity index (χ1v) is 9.94. The van der Waals surface area contributed by atoms with Gasteiger partial charge in [-0.2, -0.15) is 0 Å². The Bertz CT molecular complexity index is 570. The summed E-state index contributed by atoms with van der Waals surface area (Å²) in [4.78, 5) is 12.5. The summed E-state index contributed by atoms with van der Waals surface area (Å²) in [6.07, 6.45) is 2.92. The third-order valence-corrected chi connectivity index (χ3v) is 5.14. The molecule has 0 bridgehead atoms. The van der Waals surface area contributed by atoms with Gasteiger partial charge in [0.15, 0.2) is 11.5 Å². The van der Waals surface area contributed by atoms with Crippen LogP contribution in [0, 0.1) is 11.8 Å². The first-order chi connectivity index (χ1) is 12.5. The van der Waals surface area contributed by atoms with Crippen LogP contribution in [0.1, 0.15) is 58.6 Å². The van der Waals surface area contributed by atoms with Crippen LogP contribution >= 0.6 is 0 Å². The highest BCUT2D eigenvalue weighted by atomic mass is 16.5. The van der Waals surface area contributed by atoms with E-state index in [1.165, 1.54) is 12.8 Å². The molecule has 1 aromatic carbocycles. The molecular weight excluding hydrogens is 328 g/mol. The van der Waals surface area contributed by atoms with Crippen LogP contribution in [0.25, 0.3) is 0 Å². The molecule has 26 heavy (non-hydrogen) atoms. The van der Waals surface area contributed by atoms with Gasteiger partial charge < -0.3 is 20.1 Å². The first kappa shape index (κ1) is 20.6. The molecule has 0 aliphatic carbocycles. The molecule has 1 amide bonds. The Morgan fingerprint density at radius 3 is 2.46 bits per heavy atom. The second kappa shape index (κ2) is 10.4. The molecule has 0 radical (unpaired) electrons. The summed E-state index contributed by atoms with van der Waals surface area (Å²) in [5.74, 6) is 2.67. The average molecular weight is 363 g/mol. The van der Waals surface area contributed by atoms with Gasteiger partial charge in [-0.15, -0.1) is 0 Å². The van der Waals surface area contributed by atoms with Crippen LogP contribution in [-0.2, 0) is 4.79 Å². The summed E-state index contributed by atoms with van der Waals surface area (Å²) in [5.41, 5.74) is 1.03. The minimum absolute atomic E-state index is 0.0578. The summed E-state index contributed by atoms with van der Waals surface area (Å²) in [6.45, 7) is 11.4. The third kappa shape index (κ3) is 5.90. The van der Waals surface area contributed by atoms with Crippen LogP contribution in [-0.4, -0.2) is 32.2 Å². The van der Waals surface area contributed by atoms with Crippen molar-refractivity contribution in [2.24, 2.45) is 11.8 Å². The normalized spacial score (nSPS) is 17.4. The highest BCUT2D eigenvalue weighted by Crippen LogP contribution is 2.31. The van der Waals surface area contributed by atoms with E-state index in [2.05, 4.69) is 17.6 Å². The molecule has 0 aromatic heterocycles. The first-order valence-electron chi connectivity index (χ1n) is 9.94. The lowest BCUT2D eigenvalue weighted by Crippen LogP contribution is -2.34. The van der Waals surface area contributed by atoms with E-state index in [0.717, 1.165) is 30.2 Å². The van der Waals surface area contributed by atoms with Crippen LogP contribution in [0.2, 0.25) is 0 Å². The number of hydrogen-bond donors (Lipinski definition) is 2. The van der Waals surface area contributed by atoms with E-state index in [4.69, 9.17) is 9.47 Å². The van der Waals surface area contributed by atoms with Crippen molar-refractivity contribution in [2.45, 2.75) is 53.0 Å². The second-order valence-corrected chi connectivity index (χ2v) is 7.13. The fourth-order valence-corrected chi connectivity index (χ4v) is 3.59. The molecule has 2 unspecified atom stereocenters. The Kier molecular flexibility index (Phi) is 8.23. The van der Waals surface area contributed by atoms with Crippen molar-refractivity contribution in [1.82, 2.24) is 10.6 Å². The number of benzene rings is 1. The fraction of sp³-hybridized carbons (Fsp3) is 0.667. The summed E-state index contributed by atoms with van der Waals surface area (Å²) >= 11 is 0. The van der Waals surface area contributed by atoms with E-state index in [9.17, 15) is 4.79 Å². The molecule has 1 heterocycles. The van der Waals surface area contributed by atoms with E-state index in [1.54, 1.807) is 0 Å².